The number of nitrogens with one attached hydrogen (secondary N) is 1. The summed E-state index contributed by atoms with van der Waals surface area (Å²) in [6.07, 6.45) is 1.31. The number of carbonyl (C=O) groups excluding carboxylic acids is 1. The van der Waals surface area contributed by atoms with Crippen LogP contribution in [0.25, 0.3) is 0 Å². The first-order valence-corrected chi connectivity index (χ1v) is 7.34. The maximum absolute atomic E-state index is 11.4. The number of hydrogen-bond donors (Lipinski definition) is 2. The average Bonchev–Trinajstić information content (AvgIpc) is 2.52. The monoisotopic (exact) mass is 293 g/mol. The highest BCUT2D eigenvalue weighted by Gasteiger charge is 2.25. The quantitative estimate of drug-likeness (QED) is 0.763. The van der Waals surface area contributed by atoms with Crippen molar-refractivity contribution in [2.75, 3.05) is 27.7 Å². The van der Waals surface area contributed by atoms with Crippen LogP contribution in [0.3, 0.4) is 0 Å². The SMILES string of the molecule is CCC(N)C(c1ccccc1OC)N(C)CCC(=O)NC. The second-order valence-corrected chi connectivity index (χ2v) is 5.16. The summed E-state index contributed by atoms with van der Waals surface area (Å²) in [6.45, 7) is 2.72. The first-order chi connectivity index (χ1) is 10.0. The van der Waals surface area contributed by atoms with Gasteiger partial charge in [-0.1, -0.05) is 25.1 Å². The van der Waals surface area contributed by atoms with Crippen molar-refractivity contribution in [3.63, 3.8) is 0 Å². The van der Waals surface area contributed by atoms with E-state index in [2.05, 4.69) is 17.1 Å². The van der Waals surface area contributed by atoms with E-state index in [1.807, 2.05) is 31.3 Å². The zero-order valence-corrected chi connectivity index (χ0v) is 13.4. The Morgan fingerprint density at radius 2 is 2.10 bits per heavy atom. The molecule has 0 bridgehead atoms. The number of para-hydroxylation sites is 1. The second kappa shape index (κ2) is 8.64. The molecule has 0 aliphatic rings. The van der Waals surface area contributed by atoms with Gasteiger partial charge in [0.05, 0.1) is 13.2 Å². The molecule has 118 valence electrons. The average molecular weight is 293 g/mol. The van der Waals surface area contributed by atoms with Crippen LogP contribution >= 0.6 is 0 Å². The van der Waals surface area contributed by atoms with Crippen LogP contribution in [-0.2, 0) is 4.79 Å². The predicted octanol–water partition coefficient (Wildman–Crippen LogP) is 1.54. The summed E-state index contributed by atoms with van der Waals surface area (Å²) in [5.74, 6) is 0.865. The number of methoxy groups -OCH3 is 1. The number of likely N-dealkylation sites (N-methyl/N-ethyl adjacent to an activating group) is 1. The summed E-state index contributed by atoms with van der Waals surface area (Å²) in [6, 6.07) is 7.92. The van der Waals surface area contributed by atoms with Crippen molar-refractivity contribution in [2.24, 2.45) is 5.73 Å². The lowest BCUT2D eigenvalue weighted by atomic mass is 9.95. The predicted molar refractivity (Wildman–Crippen MR) is 85.3 cm³/mol. The third-order valence-electron chi connectivity index (χ3n) is 3.78. The Labute approximate surface area is 127 Å². The highest BCUT2D eigenvalue weighted by molar-refractivity contribution is 5.75. The van der Waals surface area contributed by atoms with Gasteiger partial charge in [0.1, 0.15) is 5.75 Å². The number of amides is 1. The van der Waals surface area contributed by atoms with E-state index >= 15 is 0 Å². The molecule has 5 heteroatoms. The topological polar surface area (TPSA) is 67.6 Å². The highest BCUT2D eigenvalue weighted by atomic mass is 16.5. The fraction of sp³-hybridized carbons (Fsp3) is 0.562. The van der Waals surface area contributed by atoms with Crippen LogP contribution in [0.1, 0.15) is 31.4 Å². The van der Waals surface area contributed by atoms with E-state index in [0.29, 0.717) is 13.0 Å². The van der Waals surface area contributed by atoms with Crippen molar-refractivity contribution in [3.05, 3.63) is 29.8 Å². The summed E-state index contributed by atoms with van der Waals surface area (Å²) in [4.78, 5) is 13.6. The number of nitrogens with two attached hydrogens (primary N) is 1. The van der Waals surface area contributed by atoms with Crippen molar-refractivity contribution >= 4 is 5.91 Å². The molecular formula is C16H27N3O2. The Balaban J connectivity index is 2.97. The Bertz CT molecular complexity index is 451. The largest absolute Gasteiger partial charge is 0.496 e. The van der Waals surface area contributed by atoms with Gasteiger partial charge < -0.3 is 15.8 Å². The molecule has 1 amide bonds. The fourth-order valence-electron chi connectivity index (χ4n) is 2.47. The standard InChI is InChI=1S/C16H27N3O2/c1-5-13(17)16(19(3)11-10-15(20)18-2)12-8-6-7-9-14(12)21-4/h6-9,13,16H,5,10-11,17H2,1-4H3,(H,18,20). The van der Waals surface area contributed by atoms with Gasteiger partial charge in [-0.3, -0.25) is 9.69 Å². The second-order valence-electron chi connectivity index (χ2n) is 5.16. The molecule has 0 heterocycles. The molecule has 0 radical (unpaired) electrons. The number of nitrogens with zero attached hydrogens (tertiary/aromatic N) is 1. The Morgan fingerprint density at radius 3 is 2.67 bits per heavy atom. The number of rotatable bonds is 8. The normalized spacial score (nSPS) is 13.8. The molecule has 0 aliphatic heterocycles. The smallest absolute Gasteiger partial charge is 0.221 e. The van der Waals surface area contributed by atoms with Crippen molar-refractivity contribution in [1.82, 2.24) is 10.2 Å². The lowest BCUT2D eigenvalue weighted by Gasteiger charge is -2.33. The highest BCUT2D eigenvalue weighted by Crippen LogP contribution is 2.31. The molecule has 0 saturated carbocycles. The van der Waals surface area contributed by atoms with E-state index < -0.39 is 0 Å². The zero-order valence-electron chi connectivity index (χ0n) is 13.4. The van der Waals surface area contributed by atoms with E-state index in [4.69, 9.17) is 10.5 Å². The number of carbonyl (C=O) groups is 1. The Kier molecular flexibility index (Phi) is 7.19. The minimum absolute atomic E-state index is 0.0176. The van der Waals surface area contributed by atoms with Gasteiger partial charge in [-0.2, -0.15) is 0 Å². The molecule has 0 aliphatic carbocycles. The Morgan fingerprint density at radius 1 is 1.43 bits per heavy atom. The van der Waals surface area contributed by atoms with Crippen LogP contribution in [0.5, 0.6) is 5.75 Å². The number of benzene rings is 1. The Hall–Kier alpha value is -1.59. The molecule has 2 atom stereocenters. The maximum Gasteiger partial charge on any atom is 0.221 e. The van der Waals surface area contributed by atoms with Gasteiger partial charge in [-0.15, -0.1) is 0 Å². The third-order valence-corrected chi connectivity index (χ3v) is 3.78. The van der Waals surface area contributed by atoms with E-state index in [0.717, 1.165) is 17.7 Å². The fourth-order valence-corrected chi connectivity index (χ4v) is 2.47. The summed E-state index contributed by atoms with van der Waals surface area (Å²) in [5, 5.41) is 2.64. The number of ether oxygens (including phenoxy) is 1. The minimum atomic E-state index is -0.0176. The lowest BCUT2D eigenvalue weighted by molar-refractivity contribution is -0.121. The van der Waals surface area contributed by atoms with Crippen LogP contribution in [0.2, 0.25) is 0 Å². The van der Waals surface area contributed by atoms with Gasteiger partial charge in [0.15, 0.2) is 0 Å². The van der Waals surface area contributed by atoms with Crippen molar-refractivity contribution in [1.29, 1.82) is 0 Å². The van der Waals surface area contributed by atoms with Crippen LogP contribution in [0.4, 0.5) is 0 Å². The molecule has 1 aromatic rings. The van der Waals surface area contributed by atoms with E-state index in [1.165, 1.54) is 0 Å². The first kappa shape index (κ1) is 17.5. The molecule has 0 aromatic heterocycles. The summed E-state index contributed by atoms with van der Waals surface area (Å²) < 4.78 is 5.46. The molecule has 21 heavy (non-hydrogen) atoms. The maximum atomic E-state index is 11.4. The van der Waals surface area contributed by atoms with Gasteiger partial charge in [-0.25, -0.2) is 0 Å². The summed E-state index contributed by atoms with van der Waals surface area (Å²) in [5.41, 5.74) is 7.38. The molecular weight excluding hydrogens is 266 g/mol. The molecule has 2 unspecified atom stereocenters. The molecule has 1 aromatic carbocycles. The van der Waals surface area contributed by atoms with E-state index in [1.54, 1.807) is 14.2 Å². The van der Waals surface area contributed by atoms with E-state index in [-0.39, 0.29) is 18.0 Å². The van der Waals surface area contributed by atoms with Crippen molar-refractivity contribution in [3.8, 4) is 5.75 Å². The van der Waals surface area contributed by atoms with Crippen LogP contribution in [0, 0.1) is 0 Å². The van der Waals surface area contributed by atoms with Gasteiger partial charge in [-0.05, 0) is 19.5 Å². The molecule has 1 rings (SSSR count). The van der Waals surface area contributed by atoms with Crippen molar-refractivity contribution < 1.29 is 9.53 Å². The molecule has 0 spiro atoms. The zero-order chi connectivity index (χ0) is 15.8. The van der Waals surface area contributed by atoms with Gasteiger partial charge in [0.25, 0.3) is 0 Å². The molecule has 5 nitrogen and oxygen atoms in total. The van der Waals surface area contributed by atoms with Gasteiger partial charge in [0.2, 0.25) is 5.91 Å². The lowest BCUT2D eigenvalue weighted by Crippen LogP contribution is -2.40. The molecule has 3 N–H and O–H groups in total. The number of hydrogen-bond acceptors (Lipinski definition) is 4. The van der Waals surface area contributed by atoms with Crippen molar-refractivity contribution in [2.45, 2.75) is 31.8 Å². The van der Waals surface area contributed by atoms with Gasteiger partial charge in [0, 0.05) is 31.6 Å². The van der Waals surface area contributed by atoms with Crippen LogP contribution < -0.4 is 15.8 Å². The van der Waals surface area contributed by atoms with Crippen LogP contribution in [-0.4, -0.2) is 44.6 Å². The van der Waals surface area contributed by atoms with E-state index in [9.17, 15) is 4.79 Å². The minimum Gasteiger partial charge on any atom is -0.496 e. The van der Waals surface area contributed by atoms with Gasteiger partial charge >= 0.3 is 0 Å². The summed E-state index contributed by atoms with van der Waals surface area (Å²) in [7, 11) is 5.31. The summed E-state index contributed by atoms with van der Waals surface area (Å²) >= 11 is 0. The first-order valence-electron chi connectivity index (χ1n) is 7.34. The molecule has 0 saturated heterocycles. The molecule has 0 fully saturated rings. The van der Waals surface area contributed by atoms with Crippen LogP contribution in [0.15, 0.2) is 24.3 Å². The third kappa shape index (κ3) is 4.72.